The van der Waals surface area contributed by atoms with Crippen LogP contribution in [-0.4, -0.2) is 21.0 Å². The number of hydrogen-bond donors (Lipinski definition) is 3. The zero-order valence-corrected chi connectivity index (χ0v) is 19.0. The maximum atomic E-state index is 13.2. The molecule has 0 saturated carbocycles. The van der Waals surface area contributed by atoms with Gasteiger partial charge in [0.2, 0.25) is 5.91 Å². The molecule has 1 heterocycles. The number of para-hydroxylation sites is 2. The number of hydrogen-bond acceptors (Lipinski definition) is 3. The summed E-state index contributed by atoms with van der Waals surface area (Å²) in [5, 5.41) is 6.21. The van der Waals surface area contributed by atoms with Crippen LogP contribution in [0.4, 0.5) is 5.69 Å². The third kappa shape index (κ3) is 4.72. The molecular weight excluding hydrogens is 440 g/mol. The summed E-state index contributed by atoms with van der Waals surface area (Å²) >= 11 is 5.44. The van der Waals surface area contributed by atoms with E-state index in [-0.39, 0.29) is 11.0 Å². The van der Waals surface area contributed by atoms with E-state index in [2.05, 4.69) is 20.6 Å². The lowest BCUT2D eigenvalue weighted by molar-refractivity contribution is -0.120. The Balaban J connectivity index is 1.28. The summed E-state index contributed by atoms with van der Waals surface area (Å²) in [6.45, 7) is 0. The first kappa shape index (κ1) is 21.6. The predicted octanol–water partition coefficient (Wildman–Crippen LogP) is 5.88. The summed E-state index contributed by atoms with van der Waals surface area (Å²) < 4.78 is 0. The van der Waals surface area contributed by atoms with E-state index in [0.29, 0.717) is 0 Å². The van der Waals surface area contributed by atoms with Crippen LogP contribution in [0.5, 0.6) is 0 Å². The topological polar surface area (TPSA) is 69.8 Å². The van der Waals surface area contributed by atoms with Crippen molar-refractivity contribution in [3.8, 4) is 11.4 Å². The van der Waals surface area contributed by atoms with Gasteiger partial charge >= 0.3 is 0 Å². The van der Waals surface area contributed by atoms with Crippen molar-refractivity contribution in [1.82, 2.24) is 15.3 Å². The first-order valence-electron chi connectivity index (χ1n) is 10.9. The highest BCUT2D eigenvalue weighted by Crippen LogP contribution is 2.25. The molecule has 166 valence electrons. The number of nitrogens with zero attached hydrogens (tertiary/aromatic N) is 1. The Morgan fingerprint density at radius 1 is 0.765 bits per heavy atom. The van der Waals surface area contributed by atoms with Crippen molar-refractivity contribution in [2.45, 2.75) is 5.92 Å². The molecule has 1 aromatic heterocycles. The highest BCUT2D eigenvalue weighted by Gasteiger charge is 2.23. The second-order valence-electron chi connectivity index (χ2n) is 7.88. The van der Waals surface area contributed by atoms with Gasteiger partial charge < -0.3 is 15.6 Å². The molecule has 5 rings (SSSR count). The van der Waals surface area contributed by atoms with Gasteiger partial charge in [0.25, 0.3) is 0 Å². The van der Waals surface area contributed by atoms with Gasteiger partial charge in [-0.3, -0.25) is 4.79 Å². The predicted molar refractivity (Wildman–Crippen MR) is 141 cm³/mol. The first-order chi connectivity index (χ1) is 16.7. The number of nitrogens with one attached hydrogen (secondary N) is 3. The van der Waals surface area contributed by atoms with Gasteiger partial charge in [-0.05, 0) is 59.7 Å². The standard InChI is InChI=1S/C28H22N4OS/c33-27(25(19-9-3-1-4-10-19)20-11-5-2-6-12-20)32-28(34)29-22-17-15-21(16-18-22)26-30-23-13-7-8-14-24(23)31-26/h1-18,25H,(H,30,31)(H2,29,32,33,34). The number of fused-ring (bicyclic) bond motifs is 1. The Hall–Kier alpha value is -4.29. The molecule has 0 spiro atoms. The van der Waals surface area contributed by atoms with E-state index >= 15 is 0 Å². The van der Waals surface area contributed by atoms with Gasteiger partial charge in [0.15, 0.2) is 5.11 Å². The largest absolute Gasteiger partial charge is 0.338 e. The van der Waals surface area contributed by atoms with E-state index in [4.69, 9.17) is 12.2 Å². The Labute approximate surface area is 202 Å². The van der Waals surface area contributed by atoms with Gasteiger partial charge in [-0.2, -0.15) is 0 Å². The summed E-state index contributed by atoms with van der Waals surface area (Å²) in [5.41, 5.74) is 5.48. The zero-order valence-electron chi connectivity index (χ0n) is 18.2. The lowest BCUT2D eigenvalue weighted by Crippen LogP contribution is -2.37. The van der Waals surface area contributed by atoms with E-state index in [1.807, 2.05) is 109 Å². The minimum Gasteiger partial charge on any atom is -0.338 e. The van der Waals surface area contributed by atoms with E-state index in [0.717, 1.165) is 39.2 Å². The van der Waals surface area contributed by atoms with Crippen LogP contribution in [-0.2, 0) is 4.79 Å². The number of thiocarbonyl (C=S) groups is 1. The second kappa shape index (κ2) is 9.68. The van der Waals surface area contributed by atoms with E-state index in [1.165, 1.54) is 0 Å². The molecule has 4 aromatic carbocycles. The number of anilines is 1. The van der Waals surface area contributed by atoms with E-state index < -0.39 is 5.92 Å². The third-order valence-electron chi connectivity index (χ3n) is 5.57. The molecule has 0 aliphatic rings. The second-order valence-corrected chi connectivity index (χ2v) is 8.29. The number of rotatable bonds is 5. The summed E-state index contributed by atoms with van der Waals surface area (Å²) in [6, 6.07) is 35.0. The van der Waals surface area contributed by atoms with Crippen LogP contribution in [0.1, 0.15) is 17.0 Å². The third-order valence-corrected chi connectivity index (χ3v) is 5.77. The van der Waals surface area contributed by atoms with Crippen LogP contribution < -0.4 is 10.6 Å². The van der Waals surface area contributed by atoms with Gasteiger partial charge in [-0.15, -0.1) is 0 Å². The van der Waals surface area contributed by atoms with Crippen LogP contribution in [0.15, 0.2) is 109 Å². The van der Waals surface area contributed by atoms with Crippen molar-refractivity contribution in [2.75, 3.05) is 5.32 Å². The fourth-order valence-electron chi connectivity index (χ4n) is 3.93. The summed E-state index contributed by atoms with van der Waals surface area (Å²) in [6.07, 6.45) is 0. The minimum absolute atomic E-state index is 0.186. The van der Waals surface area contributed by atoms with Crippen molar-refractivity contribution in [2.24, 2.45) is 0 Å². The average molecular weight is 463 g/mol. The summed E-state index contributed by atoms with van der Waals surface area (Å²) in [5.74, 6) is 0.156. The molecule has 0 saturated heterocycles. The van der Waals surface area contributed by atoms with Crippen LogP contribution in [0.3, 0.4) is 0 Å². The normalized spacial score (nSPS) is 10.9. The molecule has 6 heteroatoms. The van der Waals surface area contributed by atoms with Crippen molar-refractivity contribution in [1.29, 1.82) is 0 Å². The zero-order chi connectivity index (χ0) is 23.3. The number of imidazole rings is 1. The molecule has 5 aromatic rings. The molecule has 34 heavy (non-hydrogen) atoms. The molecule has 0 atom stereocenters. The minimum atomic E-state index is -0.461. The monoisotopic (exact) mass is 462 g/mol. The van der Waals surface area contributed by atoms with Crippen molar-refractivity contribution < 1.29 is 4.79 Å². The Morgan fingerprint density at radius 3 is 1.97 bits per heavy atom. The molecule has 0 bridgehead atoms. The smallest absolute Gasteiger partial charge is 0.238 e. The van der Waals surface area contributed by atoms with Gasteiger partial charge in [-0.1, -0.05) is 72.8 Å². The SMILES string of the molecule is O=C(NC(=S)Nc1ccc(-c2nc3ccccc3[nH]2)cc1)C(c1ccccc1)c1ccccc1. The summed E-state index contributed by atoms with van der Waals surface area (Å²) in [7, 11) is 0. The van der Waals surface area contributed by atoms with Crippen LogP contribution in [0, 0.1) is 0 Å². The van der Waals surface area contributed by atoms with Crippen molar-refractivity contribution in [3.63, 3.8) is 0 Å². The highest BCUT2D eigenvalue weighted by atomic mass is 32.1. The molecule has 0 aliphatic carbocycles. The highest BCUT2D eigenvalue weighted by molar-refractivity contribution is 7.80. The number of aromatic nitrogens is 2. The summed E-state index contributed by atoms with van der Waals surface area (Å²) in [4.78, 5) is 21.2. The molecule has 5 nitrogen and oxygen atoms in total. The van der Waals surface area contributed by atoms with Crippen LogP contribution in [0.2, 0.25) is 0 Å². The number of carbonyl (C=O) groups is 1. The van der Waals surface area contributed by atoms with Gasteiger partial charge in [-0.25, -0.2) is 4.98 Å². The lowest BCUT2D eigenvalue weighted by atomic mass is 9.90. The van der Waals surface area contributed by atoms with Crippen LogP contribution >= 0.6 is 12.2 Å². The van der Waals surface area contributed by atoms with Gasteiger partial charge in [0.1, 0.15) is 5.82 Å². The van der Waals surface area contributed by atoms with Crippen LogP contribution in [0.25, 0.3) is 22.4 Å². The molecule has 1 amide bonds. The fraction of sp³-hybridized carbons (Fsp3) is 0.0357. The quantitative estimate of drug-likeness (QED) is 0.286. The number of carbonyl (C=O) groups excluding carboxylic acids is 1. The molecule has 0 fully saturated rings. The number of H-pyrrole nitrogens is 1. The number of benzene rings is 4. The van der Waals surface area contributed by atoms with Crippen molar-refractivity contribution >= 4 is 40.0 Å². The van der Waals surface area contributed by atoms with E-state index in [9.17, 15) is 4.79 Å². The maximum absolute atomic E-state index is 13.2. The number of aromatic amines is 1. The average Bonchev–Trinajstić information content (AvgIpc) is 3.30. The number of amides is 1. The van der Waals surface area contributed by atoms with E-state index in [1.54, 1.807) is 0 Å². The molecule has 0 unspecified atom stereocenters. The maximum Gasteiger partial charge on any atom is 0.238 e. The Morgan fingerprint density at radius 2 is 1.35 bits per heavy atom. The molecule has 0 aliphatic heterocycles. The van der Waals surface area contributed by atoms with Gasteiger partial charge in [0.05, 0.1) is 17.0 Å². The lowest BCUT2D eigenvalue weighted by Gasteiger charge is -2.18. The Kier molecular flexibility index (Phi) is 6.14. The molecule has 0 radical (unpaired) electrons. The first-order valence-corrected chi connectivity index (χ1v) is 11.3. The van der Waals surface area contributed by atoms with Gasteiger partial charge in [0, 0.05) is 11.3 Å². The Bertz CT molecular complexity index is 1360. The molecule has 3 N–H and O–H groups in total. The molecular formula is C28H22N4OS. The van der Waals surface area contributed by atoms with Crippen molar-refractivity contribution in [3.05, 3.63) is 120 Å². The fourth-order valence-corrected chi connectivity index (χ4v) is 4.15.